The number of nitrogens with zero attached hydrogens (tertiary/aromatic N) is 4. The van der Waals surface area contributed by atoms with Gasteiger partial charge in [0.1, 0.15) is 5.01 Å². The molecular weight excluding hydrogens is 422 g/mol. The zero-order chi connectivity index (χ0) is 22.2. The molecule has 3 heterocycles. The molecule has 2 aromatic carbocycles. The Bertz CT molecular complexity index is 1340. The third-order valence-electron chi connectivity index (χ3n) is 5.49. The van der Waals surface area contributed by atoms with Gasteiger partial charge in [-0.15, -0.1) is 11.3 Å². The summed E-state index contributed by atoms with van der Waals surface area (Å²) in [4.78, 5) is 22.8. The Morgan fingerprint density at radius 3 is 2.78 bits per heavy atom. The normalized spacial score (nSPS) is 15.6. The molecular formula is C24H23N5O2S. The first-order valence-electron chi connectivity index (χ1n) is 10.6. The van der Waals surface area contributed by atoms with Gasteiger partial charge in [-0.25, -0.2) is 4.98 Å². The van der Waals surface area contributed by atoms with E-state index in [0.29, 0.717) is 12.1 Å². The molecule has 0 radical (unpaired) electrons. The summed E-state index contributed by atoms with van der Waals surface area (Å²) >= 11 is 1.67. The third kappa shape index (κ3) is 3.89. The summed E-state index contributed by atoms with van der Waals surface area (Å²) in [5.41, 5.74) is 6.52. The van der Waals surface area contributed by atoms with Gasteiger partial charge in [0.05, 0.1) is 21.6 Å². The average molecular weight is 446 g/mol. The second kappa shape index (κ2) is 8.20. The van der Waals surface area contributed by atoms with Crippen LogP contribution in [0, 0.1) is 13.8 Å². The summed E-state index contributed by atoms with van der Waals surface area (Å²) in [7, 11) is 0. The van der Waals surface area contributed by atoms with Crippen LogP contribution in [0.25, 0.3) is 20.8 Å². The van der Waals surface area contributed by atoms with Gasteiger partial charge in [-0.05, 0) is 62.7 Å². The number of aromatic nitrogens is 3. The number of aryl methyl sites for hydroxylation is 3. The summed E-state index contributed by atoms with van der Waals surface area (Å²) < 4.78 is 3.03. The van der Waals surface area contributed by atoms with Crippen LogP contribution in [0.2, 0.25) is 0 Å². The molecule has 7 nitrogen and oxygen atoms in total. The molecule has 4 aromatic rings. The molecule has 1 atom stereocenters. The highest BCUT2D eigenvalue weighted by Crippen LogP contribution is 2.31. The van der Waals surface area contributed by atoms with Crippen LogP contribution < -0.4 is 5.32 Å². The third-order valence-corrected chi connectivity index (χ3v) is 6.55. The van der Waals surface area contributed by atoms with Crippen molar-refractivity contribution in [3.05, 3.63) is 65.5 Å². The van der Waals surface area contributed by atoms with Gasteiger partial charge in [0, 0.05) is 36.0 Å². The van der Waals surface area contributed by atoms with Crippen molar-refractivity contribution in [2.24, 2.45) is 5.16 Å². The number of anilines is 1. The van der Waals surface area contributed by atoms with Crippen molar-refractivity contribution in [3.63, 3.8) is 0 Å². The van der Waals surface area contributed by atoms with Crippen LogP contribution in [0.1, 0.15) is 30.2 Å². The van der Waals surface area contributed by atoms with Crippen LogP contribution in [0.5, 0.6) is 0 Å². The van der Waals surface area contributed by atoms with Gasteiger partial charge in [0.15, 0.2) is 0 Å². The van der Waals surface area contributed by atoms with Gasteiger partial charge in [-0.1, -0.05) is 11.2 Å². The SMILES string of the molecule is CCn1cc(C2=NOC(C(=O)Nc3ccc(-c4nc5ccc(C)cc5s4)cc3)C2)c(C)n1. The lowest BCUT2D eigenvalue weighted by molar-refractivity contribution is -0.125. The molecule has 0 saturated carbocycles. The maximum absolute atomic E-state index is 12.7. The Morgan fingerprint density at radius 1 is 1.22 bits per heavy atom. The quantitative estimate of drug-likeness (QED) is 0.472. The number of carbonyl (C=O) groups is 1. The molecule has 5 rings (SSSR count). The number of rotatable bonds is 5. The van der Waals surface area contributed by atoms with Gasteiger partial charge in [0.25, 0.3) is 5.91 Å². The minimum atomic E-state index is -0.651. The summed E-state index contributed by atoms with van der Waals surface area (Å²) in [6, 6.07) is 14.0. The Morgan fingerprint density at radius 2 is 2.03 bits per heavy atom. The number of thiazole rings is 1. The van der Waals surface area contributed by atoms with Gasteiger partial charge < -0.3 is 10.2 Å². The van der Waals surface area contributed by atoms with Crippen LogP contribution >= 0.6 is 11.3 Å². The zero-order valence-corrected chi connectivity index (χ0v) is 18.9. The van der Waals surface area contributed by atoms with Crippen molar-refractivity contribution in [1.29, 1.82) is 0 Å². The monoisotopic (exact) mass is 445 g/mol. The van der Waals surface area contributed by atoms with Crippen LogP contribution in [0.3, 0.4) is 0 Å². The number of amides is 1. The van der Waals surface area contributed by atoms with E-state index in [-0.39, 0.29) is 5.91 Å². The van der Waals surface area contributed by atoms with Crippen molar-refractivity contribution < 1.29 is 9.63 Å². The van der Waals surface area contributed by atoms with E-state index >= 15 is 0 Å². The van der Waals surface area contributed by atoms with Gasteiger partial charge in [0.2, 0.25) is 6.10 Å². The summed E-state index contributed by atoms with van der Waals surface area (Å²) in [5.74, 6) is -0.215. The van der Waals surface area contributed by atoms with E-state index in [4.69, 9.17) is 9.82 Å². The molecule has 0 aliphatic carbocycles. The highest BCUT2D eigenvalue weighted by atomic mass is 32.1. The van der Waals surface area contributed by atoms with Crippen molar-refractivity contribution in [2.45, 2.75) is 39.8 Å². The van der Waals surface area contributed by atoms with Crippen molar-refractivity contribution in [2.75, 3.05) is 5.32 Å². The fourth-order valence-electron chi connectivity index (χ4n) is 3.71. The predicted molar refractivity (Wildman–Crippen MR) is 127 cm³/mol. The zero-order valence-electron chi connectivity index (χ0n) is 18.1. The number of hydrogen-bond donors (Lipinski definition) is 1. The van der Waals surface area contributed by atoms with E-state index in [0.717, 1.165) is 39.6 Å². The molecule has 32 heavy (non-hydrogen) atoms. The van der Waals surface area contributed by atoms with E-state index in [1.165, 1.54) is 10.3 Å². The Hall–Kier alpha value is -3.52. The lowest BCUT2D eigenvalue weighted by Gasteiger charge is -2.09. The second-order valence-electron chi connectivity index (χ2n) is 7.88. The molecule has 1 N–H and O–H groups in total. The minimum absolute atomic E-state index is 0.215. The second-order valence-corrected chi connectivity index (χ2v) is 8.91. The lowest BCUT2D eigenvalue weighted by Crippen LogP contribution is -2.28. The highest BCUT2D eigenvalue weighted by molar-refractivity contribution is 7.21. The number of benzene rings is 2. The first-order chi connectivity index (χ1) is 15.5. The van der Waals surface area contributed by atoms with Gasteiger partial charge in [-0.2, -0.15) is 5.10 Å². The Kier molecular flexibility index (Phi) is 5.22. The van der Waals surface area contributed by atoms with Crippen LogP contribution in [-0.2, 0) is 16.2 Å². The summed E-state index contributed by atoms with van der Waals surface area (Å²) in [6.45, 7) is 6.83. The van der Waals surface area contributed by atoms with Crippen LogP contribution in [-0.4, -0.2) is 32.5 Å². The Labute approximate surface area is 189 Å². The van der Waals surface area contributed by atoms with E-state index in [9.17, 15) is 4.79 Å². The molecule has 1 unspecified atom stereocenters. The number of fused-ring (bicyclic) bond motifs is 1. The Balaban J connectivity index is 1.24. The molecule has 0 bridgehead atoms. The van der Waals surface area contributed by atoms with Crippen molar-refractivity contribution >= 4 is 38.9 Å². The number of carbonyl (C=O) groups excluding carboxylic acids is 1. The fraction of sp³-hybridized carbons (Fsp3) is 0.250. The average Bonchev–Trinajstić information content (AvgIpc) is 3.51. The molecule has 1 aliphatic rings. The first kappa shape index (κ1) is 20.4. The molecule has 162 valence electrons. The van der Waals surface area contributed by atoms with Gasteiger partial charge >= 0.3 is 0 Å². The standard InChI is InChI=1S/C24H23N5O2S/c1-4-29-13-18(15(3)27-29)20-12-21(31-28-20)23(30)25-17-8-6-16(7-9-17)24-26-19-10-5-14(2)11-22(19)32-24/h5-11,13,21H,4,12H2,1-3H3,(H,25,30). The number of hydrogen-bond acceptors (Lipinski definition) is 6. The maximum atomic E-state index is 12.7. The van der Waals surface area contributed by atoms with Crippen molar-refractivity contribution in [1.82, 2.24) is 14.8 Å². The minimum Gasteiger partial charge on any atom is -0.382 e. The lowest BCUT2D eigenvalue weighted by atomic mass is 10.1. The molecule has 1 amide bonds. The van der Waals surface area contributed by atoms with E-state index in [1.807, 2.05) is 55.1 Å². The fourth-order valence-corrected chi connectivity index (χ4v) is 4.78. The topological polar surface area (TPSA) is 81.4 Å². The van der Waals surface area contributed by atoms with E-state index in [2.05, 4.69) is 34.6 Å². The van der Waals surface area contributed by atoms with Gasteiger partial charge in [-0.3, -0.25) is 9.48 Å². The predicted octanol–water partition coefficient (Wildman–Crippen LogP) is 4.93. The smallest absolute Gasteiger partial charge is 0.268 e. The molecule has 0 fully saturated rings. The van der Waals surface area contributed by atoms with E-state index in [1.54, 1.807) is 11.3 Å². The molecule has 8 heteroatoms. The van der Waals surface area contributed by atoms with Crippen molar-refractivity contribution in [3.8, 4) is 10.6 Å². The van der Waals surface area contributed by atoms with Crippen LogP contribution in [0.15, 0.2) is 53.8 Å². The maximum Gasteiger partial charge on any atom is 0.268 e. The number of oxime groups is 1. The number of nitrogens with one attached hydrogen (secondary N) is 1. The first-order valence-corrected chi connectivity index (χ1v) is 11.4. The molecule has 0 saturated heterocycles. The largest absolute Gasteiger partial charge is 0.382 e. The summed E-state index contributed by atoms with van der Waals surface area (Å²) in [5, 5.41) is 12.5. The highest BCUT2D eigenvalue weighted by Gasteiger charge is 2.30. The molecule has 2 aromatic heterocycles. The summed E-state index contributed by atoms with van der Waals surface area (Å²) in [6.07, 6.45) is 1.71. The molecule has 1 aliphatic heterocycles. The van der Waals surface area contributed by atoms with E-state index < -0.39 is 6.10 Å². The van der Waals surface area contributed by atoms with Crippen LogP contribution in [0.4, 0.5) is 5.69 Å². The molecule has 0 spiro atoms.